The molecule has 0 aliphatic heterocycles. The molecule has 1 heterocycles. The Hall–Kier alpha value is -1.33. The highest BCUT2D eigenvalue weighted by molar-refractivity contribution is 6.29. The Morgan fingerprint density at radius 3 is 2.84 bits per heavy atom. The first kappa shape index (κ1) is 15.7. The van der Waals surface area contributed by atoms with Gasteiger partial charge in [-0.2, -0.15) is 0 Å². The van der Waals surface area contributed by atoms with Crippen LogP contribution in [0.3, 0.4) is 0 Å². The fourth-order valence-electron chi connectivity index (χ4n) is 1.58. The van der Waals surface area contributed by atoms with Gasteiger partial charge in [-0.15, -0.1) is 0 Å². The third-order valence-corrected chi connectivity index (χ3v) is 2.61. The molecule has 5 nitrogen and oxygen atoms in total. The van der Waals surface area contributed by atoms with Crippen LogP contribution in [0, 0.1) is 0 Å². The van der Waals surface area contributed by atoms with E-state index in [4.69, 9.17) is 16.3 Å². The number of halogens is 1. The summed E-state index contributed by atoms with van der Waals surface area (Å²) in [6.45, 7) is 7.59. The zero-order valence-corrected chi connectivity index (χ0v) is 12.3. The van der Waals surface area contributed by atoms with E-state index in [2.05, 4.69) is 15.6 Å². The number of rotatable bonds is 7. The monoisotopic (exact) mass is 285 g/mol. The molecule has 1 unspecified atom stereocenters. The molecular formula is C13H20ClN3O2. The Morgan fingerprint density at radius 1 is 1.47 bits per heavy atom. The highest BCUT2D eigenvalue weighted by Gasteiger charge is 2.10. The van der Waals surface area contributed by atoms with E-state index in [1.54, 1.807) is 12.1 Å². The van der Waals surface area contributed by atoms with E-state index in [1.807, 2.05) is 20.8 Å². The van der Waals surface area contributed by atoms with Gasteiger partial charge < -0.3 is 15.4 Å². The number of ether oxygens (including phenoxy) is 1. The van der Waals surface area contributed by atoms with E-state index in [-0.39, 0.29) is 12.0 Å². The lowest BCUT2D eigenvalue weighted by Gasteiger charge is -2.13. The summed E-state index contributed by atoms with van der Waals surface area (Å²) < 4.78 is 5.35. The Morgan fingerprint density at radius 2 is 2.21 bits per heavy atom. The van der Waals surface area contributed by atoms with Crippen LogP contribution in [-0.4, -0.2) is 36.7 Å². The number of carbonyl (C=O) groups is 1. The molecule has 1 atom stereocenters. The Kier molecular flexibility index (Phi) is 6.59. The Bertz CT molecular complexity index is 426. The summed E-state index contributed by atoms with van der Waals surface area (Å²) in [5.41, 5.74) is 0.486. The number of anilines is 1. The molecule has 0 radical (unpaired) electrons. The minimum Gasteiger partial charge on any atom is -0.377 e. The molecule has 6 heteroatoms. The quantitative estimate of drug-likeness (QED) is 0.755. The van der Waals surface area contributed by atoms with Crippen molar-refractivity contribution < 1.29 is 9.53 Å². The minimum atomic E-state index is -0.185. The van der Waals surface area contributed by atoms with Gasteiger partial charge >= 0.3 is 0 Å². The molecule has 0 aliphatic carbocycles. The largest absolute Gasteiger partial charge is 0.377 e. The minimum absolute atomic E-state index is 0.0144. The number of amides is 1. The second-order valence-electron chi connectivity index (χ2n) is 4.07. The van der Waals surface area contributed by atoms with E-state index >= 15 is 0 Å². The maximum Gasteiger partial charge on any atom is 0.251 e. The van der Waals surface area contributed by atoms with Crippen molar-refractivity contribution in [3.63, 3.8) is 0 Å². The number of pyridine rings is 1. The lowest BCUT2D eigenvalue weighted by molar-refractivity contribution is 0.0695. The van der Waals surface area contributed by atoms with Gasteiger partial charge in [-0.3, -0.25) is 4.79 Å². The lowest BCUT2D eigenvalue weighted by atomic mass is 10.2. The second-order valence-corrected chi connectivity index (χ2v) is 4.46. The van der Waals surface area contributed by atoms with Gasteiger partial charge in [0.2, 0.25) is 0 Å². The smallest absolute Gasteiger partial charge is 0.251 e. The molecule has 0 fully saturated rings. The third kappa shape index (κ3) is 5.44. The van der Waals surface area contributed by atoms with Gasteiger partial charge in [0.1, 0.15) is 11.0 Å². The van der Waals surface area contributed by atoms with Gasteiger partial charge in [0, 0.05) is 25.3 Å². The molecule has 0 bridgehead atoms. The summed E-state index contributed by atoms with van der Waals surface area (Å²) in [6, 6.07) is 3.22. The molecule has 1 amide bonds. The SMILES string of the molecule is CCNc1cc(C(=O)NCC(C)OCC)cc(Cl)n1. The molecule has 0 aromatic carbocycles. The van der Waals surface area contributed by atoms with Crippen LogP contribution in [-0.2, 0) is 4.74 Å². The summed E-state index contributed by atoms with van der Waals surface area (Å²) in [5.74, 6) is 0.410. The number of nitrogens with one attached hydrogen (secondary N) is 2. The van der Waals surface area contributed by atoms with Crippen LogP contribution in [0.4, 0.5) is 5.82 Å². The van der Waals surface area contributed by atoms with Crippen LogP contribution < -0.4 is 10.6 Å². The van der Waals surface area contributed by atoms with Gasteiger partial charge in [0.25, 0.3) is 5.91 Å². The molecular weight excluding hydrogens is 266 g/mol. The topological polar surface area (TPSA) is 63.2 Å². The maximum absolute atomic E-state index is 12.0. The molecule has 106 valence electrons. The van der Waals surface area contributed by atoms with E-state index in [1.165, 1.54) is 0 Å². The van der Waals surface area contributed by atoms with Crippen molar-refractivity contribution in [1.29, 1.82) is 0 Å². The van der Waals surface area contributed by atoms with Crippen LogP contribution in [0.1, 0.15) is 31.1 Å². The molecule has 0 saturated carbocycles. The maximum atomic E-state index is 12.0. The number of hydrogen-bond donors (Lipinski definition) is 2. The van der Waals surface area contributed by atoms with Crippen molar-refractivity contribution in [1.82, 2.24) is 10.3 Å². The summed E-state index contributed by atoms with van der Waals surface area (Å²) >= 11 is 5.89. The predicted octanol–water partition coefficient (Wildman–Crippen LogP) is 2.32. The molecule has 2 N–H and O–H groups in total. The van der Waals surface area contributed by atoms with Crippen LogP contribution in [0.15, 0.2) is 12.1 Å². The number of aromatic nitrogens is 1. The average molecular weight is 286 g/mol. The normalized spacial score (nSPS) is 12.0. The number of hydrogen-bond acceptors (Lipinski definition) is 4. The molecule has 19 heavy (non-hydrogen) atoms. The zero-order valence-electron chi connectivity index (χ0n) is 11.5. The summed E-state index contributed by atoms with van der Waals surface area (Å²) in [4.78, 5) is 16.1. The highest BCUT2D eigenvalue weighted by Crippen LogP contribution is 2.14. The lowest BCUT2D eigenvalue weighted by Crippen LogP contribution is -2.32. The average Bonchev–Trinajstić information content (AvgIpc) is 2.36. The van der Waals surface area contributed by atoms with E-state index < -0.39 is 0 Å². The Balaban J connectivity index is 2.65. The standard InChI is InChI=1S/C13H20ClN3O2/c1-4-15-12-7-10(6-11(14)17-12)13(18)16-8-9(3)19-5-2/h6-7,9H,4-5,8H2,1-3H3,(H,15,17)(H,16,18). The van der Waals surface area contributed by atoms with E-state index in [0.29, 0.717) is 29.7 Å². The van der Waals surface area contributed by atoms with Crippen LogP contribution >= 0.6 is 11.6 Å². The fraction of sp³-hybridized carbons (Fsp3) is 0.538. The molecule has 1 rings (SSSR count). The van der Waals surface area contributed by atoms with Gasteiger partial charge in [-0.1, -0.05) is 11.6 Å². The van der Waals surface area contributed by atoms with E-state index in [0.717, 1.165) is 6.54 Å². The fourth-order valence-corrected chi connectivity index (χ4v) is 1.79. The van der Waals surface area contributed by atoms with Crippen LogP contribution in [0.5, 0.6) is 0 Å². The van der Waals surface area contributed by atoms with Crippen molar-refractivity contribution in [3.05, 3.63) is 22.8 Å². The second kappa shape index (κ2) is 7.96. The molecule has 0 aliphatic rings. The number of carbonyl (C=O) groups excluding carboxylic acids is 1. The third-order valence-electron chi connectivity index (χ3n) is 2.42. The van der Waals surface area contributed by atoms with Gasteiger partial charge in [0.05, 0.1) is 6.10 Å². The van der Waals surface area contributed by atoms with E-state index in [9.17, 15) is 4.79 Å². The Labute approximate surface area is 118 Å². The van der Waals surface area contributed by atoms with Crippen molar-refractivity contribution in [3.8, 4) is 0 Å². The molecule has 0 spiro atoms. The summed E-state index contributed by atoms with van der Waals surface area (Å²) in [6.07, 6.45) is -0.0144. The van der Waals surface area contributed by atoms with Crippen molar-refractivity contribution in [2.45, 2.75) is 26.9 Å². The van der Waals surface area contributed by atoms with Crippen LogP contribution in [0.25, 0.3) is 0 Å². The zero-order chi connectivity index (χ0) is 14.3. The van der Waals surface area contributed by atoms with Gasteiger partial charge in [-0.05, 0) is 32.9 Å². The predicted molar refractivity (Wildman–Crippen MR) is 76.8 cm³/mol. The molecule has 1 aromatic heterocycles. The molecule has 0 saturated heterocycles. The van der Waals surface area contributed by atoms with Crippen molar-refractivity contribution in [2.75, 3.05) is 25.0 Å². The first-order valence-electron chi connectivity index (χ1n) is 6.38. The number of nitrogens with zero attached hydrogens (tertiary/aromatic N) is 1. The van der Waals surface area contributed by atoms with Crippen LogP contribution in [0.2, 0.25) is 5.15 Å². The van der Waals surface area contributed by atoms with Crippen molar-refractivity contribution in [2.24, 2.45) is 0 Å². The molecule has 1 aromatic rings. The van der Waals surface area contributed by atoms with Crippen molar-refractivity contribution >= 4 is 23.3 Å². The summed E-state index contributed by atoms with van der Waals surface area (Å²) in [7, 11) is 0. The van der Waals surface area contributed by atoms with Gasteiger partial charge in [-0.25, -0.2) is 4.98 Å². The first-order valence-corrected chi connectivity index (χ1v) is 6.75. The van der Waals surface area contributed by atoms with Gasteiger partial charge in [0.15, 0.2) is 0 Å². The first-order chi connectivity index (χ1) is 9.06. The highest BCUT2D eigenvalue weighted by atomic mass is 35.5. The summed E-state index contributed by atoms with van der Waals surface area (Å²) in [5, 5.41) is 6.12.